The Kier molecular flexibility index (Phi) is 9.35. The SMILES string of the molecule is COCCNC(=O)C(C)Nc1ccc2c(cc1=O)C(NC(C)=O)CCc1cc(OC)c(OC)c(OC)c1-2. The number of nitrogens with one attached hydrogen (secondary N) is 3. The Labute approximate surface area is 216 Å². The van der Waals surface area contributed by atoms with Gasteiger partial charge in [0.25, 0.3) is 0 Å². The lowest BCUT2D eigenvalue weighted by Crippen LogP contribution is -2.39. The van der Waals surface area contributed by atoms with E-state index in [0.717, 1.165) is 11.1 Å². The van der Waals surface area contributed by atoms with Crippen LogP contribution >= 0.6 is 0 Å². The zero-order chi connectivity index (χ0) is 27.1. The smallest absolute Gasteiger partial charge is 0.242 e. The largest absolute Gasteiger partial charge is 0.493 e. The first-order chi connectivity index (χ1) is 17.7. The number of carbonyl (C=O) groups excluding carboxylic acids is 2. The molecular formula is C27H35N3O7. The highest BCUT2D eigenvalue weighted by Gasteiger charge is 2.29. The van der Waals surface area contributed by atoms with E-state index in [0.29, 0.717) is 54.4 Å². The molecule has 0 aromatic heterocycles. The summed E-state index contributed by atoms with van der Waals surface area (Å²) in [5.74, 6) is 0.965. The van der Waals surface area contributed by atoms with Crippen molar-refractivity contribution in [2.75, 3.05) is 46.9 Å². The number of benzene rings is 1. The minimum atomic E-state index is -0.663. The van der Waals surface area contributed by atoms with Crippen molar-refractivity contribution in [3.8, 4) is 28.4 Å². The zero-order valence-electron chi connectivity index (χ0n) is 22.2. The van der Waals surface area contributed by atoms with E-state index < -0.39 is 12.1 Å². The van der Waals surface area contributed by atoms with Gasteiger partial charge in [-0.3, -0.25) is 14.4 Å². The van der Waals surface area contributed by atoms with E-state index in [-0.39, 0.29) is 22.9 Å². The lowest BCUT2D eigenvalue weighted by molar-refractivity contribution is -0.122. The molecule has 0 spiro atoms. The van der Waals surface area contributed by atoms with Crippen LogP contribution < -0.4 is 35.6 Å². The highest BCUT2D eigenvalue weighted by molar-refractivity contribution is 5.85. The van der Waals surface area contributed by atoms with Gasteiger partial charge in [-0.15, -0.1) is 0 Å². The topological polar surface area (TPSA) is 124 Å². The molecule has 0 saturated heterocycles. The number of aryl methyl sites for hydroxylation is 1. The number of fused-ring (bicyclic) bond motifs is 3. The second-order valence-corrected chi connectivity index (χ2v) is 8.75. The molecule has 1 aliphatic carbocycles. The van der Waals surface area contributed by atoms with Crippen molar-refractivity contribution in [2.24, 2.45) is 0 Å². The van der Waals surface area contributed by atoms with Crippen LogP contribution in [-0.2, 0) is 20.7 Å². The summed E-state index contributed by atoms with van der Waals surface area (Å²) in [5.41, 5.74) is 3.00. The highest BCUT2D eigenvalue weighted by Crippen LogP contribution is 2.50. The normalized spacial score (nSPS) is 14.8. The number of methoxy groups -OCH3 is 4. The summed E-state index contributed by atoms with van der Waals surface area (Å²) in [6.07, 6.45) is 1.16. The zero-order valence-corrected chi connectivity index (χ0v) is 22.2. The number of amides is 2. The number of hydrogen-bond acceptors (Lipinski definition) is 8. The molecule has 2 aromatic carbocycles. The molecule has 0 heterocycles. The van der Waals surface area contributed by atoms with E-state index in [4.69, 9.17) is 18.9 Å². The van der Waals surface area contributed by atoms with Gasteiger partial charge in [-0.25, -0.2) is 0 Å². The quantitative estimate of drug-likeness (QED) is 0.414. The second kappa shape index (κ2) is 12.4. The summed E-state index contributed by atoms with van der Waals surface area (Å²) in [6, 6.07) is 5.79. The Bertz CT molecular complexity index is 1220. The third kappa shape index (κ3) is 6.14. The van der Waals surface area contributed by atoms with Crippen LogP contribution in [0.3, 0.4) is 0 Å². The van der Waals surface area contributed by atoms with Crippen LogP contribution in [0.1, 0.15) is 37.4 Å². The Morgan fingerprint density at radius 3 is 2.41 bits per heavy atom. The molecule has 0 radical (unpaired) electrons. The number of anilines is 1. The fourth-order valence-corrected chi connectivity index (χ4v) is 4.56. The summed E-state index contributed by atoms with van der Waals surface area (Å²) in [6.45, 7) is 3.87. The fourth-order valence-electron chi connectivity index (χ4n) is 4.56. The van der Waals surface area contributed by atoms with Crippen molar-refractivity contribution < 1.29 is 28.5 Å². The van der Waals surface area contributed by atoms with E-state index in [1.807, 2.05) is 12.1 Å². The molecule has 0 aliphatic heterocycles. The predicted molar refractivity (Wildman–Crippen MR) is 141 cm³/mol. The average molecular weight is 514 g/mol. The molecule has 3 N–H and O–H groups in total. The lowest BCUT2D eigenvalue weighted by atomic mass is 9.95. The summed E-state index contributed by atoms with van der Waals surface area (Å²) in [4.78, 5) is 37.9. The van der Waals surface area contributed by atoms with Crippen LogP contribution in [0.4, 0.5) is 5.69 Å². The molecule has 10 heteroatoms. The second-order valence-electron chi connectivity index (χ2n) is 8.75. The van der Waals surface area contributed by atoms with Gasteiger partial charge in [0.2, 0.25) is 23.0 Å². The summed E-state index contributed by atoms with van der Waals surface area (Å²) < 4.78 is 21.9. The van der Waals surface area contributed by atoms with Gasteiger partial charge in [-0.1, -0.05) is 6.07 Å². The number of rotatable bonds is 10. The molecule has 0 bridgehead atoms. The molecular weight excluding hydrogens is 478 g/mol. The summed E-state index contributed by atoms with van der Waals surface area (Å²) in [7, 11) is 6.19. The van der Waals surface area contributed by atoms with Crippen LogP contribution in [-0.4, -0.2) is 59.4 Å². The van der Waals surface area contributed by atoms with Gasteiger partial charge in [-0.2, -0.15) is 0 Å². The molecule has 3 rings (SSSR count). The Balaban J connectivity index is 2.18. The van der Waals surface area contributed by atoms with Gasteiger partial charge >= 0.3 is 0 Å². The first-order valence-electron chi connectivity index (χ1n) is 12.1. The van der Waals surface area contributed by atoms with Gasteiger partial charge in [0.15, 0.2) is 11.5 Å². The van der Waals surface area contributed by atoms with Gasteiger partial charge < -0.3 is 34.9 Å². The van der Waals surface area contributed by atoms with E-state index in [1.165, 1.54) is 20.1 Å². The maximum absolute atomic E-state index is 13.3. The van der Waals surface area contributed by atoms with Crippen molar-refractivity contribution in [1.29, 1.82) is 0 Å². The van der Waals surface area contributed by atoms with Crippen molar-refractivity contribution >= 4 is 17.5 Å². The maximum atomic E-state index is 13.3. The van der Waals surface area contributed by atoms with Gasteiger partial charge in [-0.05, 0) is 54.7 Å². The van der Waals surface area contributed by atoms with Crippen molar-refractivity contribution in [3.05, 3.63) is 45.6 Å². The molecule has 0 saturated carbocycles. The summed E-state index contributed by atoms with van der Waals surface area (Å²) in [5, 5.41) is 8.75. The molecule has 2 atom stereocenters. The molecule has 0 fully saturated rings. The first kappa shape index (κ1) is 27.8. The van der Waals surface area contributed by atoms with Crippen LogP contribution in [0.15, 0.2) is 29.1 Å². The monoisotopic (exact) mass is 513 g/mol. The number of carbonyl (C=O) groups is 2. The van der Waals surface area contributed by atoms with Gasteiger partial charge in [0.05, 0.1) is 39.7 Å². The molecule has 10 nitrogen and oxygen atoms in total. The van der Waals surface area contributed by atoms with Gasteiger partial charge in [0.1, 0.15) is 6.04 Å². The molecule has 2 amide bonds. The maximum Gasteiger partial charge on any atom is 0.242 e. The minimum absolute atomic E-state index is 0.206. The van der Waals surface area contributed by atoms with Crippen molar-refractivity contribution in [3.63, 3.8) is 0 Å². The Hall–Kier alpha value is -3.79. The average Bonchev–Trinajstić information content (AvgIpc) is 3.11. The molecule has 200 valence electrons. The van der Waals surface area contributed by atoms with Crippen LogP contribution in [0.25, 0.3) is 11.1 Å². The predicted octanol–water partition coefficient (Wildman–Crippen LogP) is 2.43. The van der Waals surface area contributed by atoms with E-state index in [9.17, 15) is 14.4 Å². The highest BCUT2D eigenvalue weighted by atomic mass is 16.5. The van der Waals surface area contributed by atoms with Crippen LogP contribution in [0.5, 0.6) is 17.2 Å². The molecule has 2 aromatic rings. The van der Waals surface area contributed by atoms with E-state index >= 15 is 0 Å². The Morgan fingerprint density at radius 2 is 1.78 bits per heavy atom. The van der Waals surface area contributed by atoms with E-state index in [2.05, 4.69) is 16.0 Å². The Morgan fingerprint density at radius 1 is 1.05 bits per heavy atom. The van der Waals surface area contributed by atoms with Crippen molar-refractivity contribution in [1.82, 2.24) is 10.6 Å². The lowest BCUT2D eigenvalue weighted by Gasteiger charge is -2.19. The summed E-state index contributed by atoms with van der Waals surface area (Å²) >= 11 is 0. The number of hydrogen-bond donors (Lipinski definition) is 3. The minimum Gasteiger partial charge on any atom is -0.493 e. The fraction of sp³-hybridized carbons (Fsp3) is 0.444. The third-order valence-electron chi connectivity index (χ3n) is 6.29. The first-order valence-corrected chi connectivity index (χ1v) is 12.1. The van der Waals surface area contributed by atoms with Crippen LogP contribution in [0, 0.1) is 0 Å². The molecule has 37 heavy (non-hydrogen) atoms. The van der Waals surface area contributed by atoms with Crippen molar-refractivity contribution in [2.45, 2.75) is 38.8 Å². The van der Waals surface area contributed by atoms with E-state index in [1.54, 1.807) is 34.3 Å². The van der Waals surface area contributed by atoms with Crippen LogP contribution in [0.2, 0.25) is 0 Å². The van der Waals surface area contributed by atoms with Gasteiger partial charge in [0, 0.05) is 26.1 Å². The molecule has 2 unspecified atom stereocenters. The number of ether oxygens (including phenoxy) is 4. The standard InChI is InChI=1S/C27H35N3O7/c1-15(27(33)28-11-12-34-3)29-21-10-8-18-19(14-22(21)32)20(30-16(2)31)9-7-17-13-23(35-4)25(36-5)26(37-6)24(17)18/h8,10,13-15,20H,7,9,11-12H2,1-6H3,(H,28,33)(H,29,32)(H,30,31). The molecule has 1 aliphatic rings. The third-order valence-corrected chi connectivity index (χ3v) is 6.29.